The number of hydrogen-bond donors (Lipinski definition) is 2. The lowest BCUT2D eigenvalue weighted by Gasteiger charge is -2.28. The first kappa shape index (κ1) is 25.0. The fourth-order valence-electron chi connectivity index (χ4n) is 5.10. The first-order valence-corrected chi connectivity index (χ1v) is 13.0. The summed E-state index contributed by atoms with van der Waals surface area (Å²) in [5, 5.41) is 7.28. The highest BCUT2D eigenvalue weighted by Crippen LogP contribution is 2.34. The van der Waals surface area contributed by atoms with Crippen LogP contribution >= 0.6 is 0 Å². The largest absolute Gasteiger partial charge is 0.377 e. The van der Waals surface area contributed by atoms with Crippen molar-refractivity contribution < 1.29 is 0 Å². The predicted octanol–water partition coefficient (Wildman–Crippen LogP) is 4.92. The minimum absolute atomic E-state index is 0.0565. The van der Waals surface area contributed by atoms with E-state index >= 15 is 0 Å². The van der Waals surface area contributed by atoms with Gasteiger partial charge in [-0.05, 0) is 79.3 Å². The van der Waals surface area contributed by atoms with E-state index in [0.29, 0.717) is 17.0 Å². The predicted molar refractivity (Wildman–Crippen MR) is 152 cm³/mol. The third kappa shape index (κ3) is 4.62. The Labute approximate surface area is 218 Å². The van der Waals surface area contributed by atoms with Crippen molar-refractivity contribution in [1.82, 2.24) is 24.6 Å². The molecule has 2 N–H and O–H groups in total. The number of rotatable bonds is 5. The molecule has 0 amide bonds. The van der Waals surface area contributed by atoms with Crippen LogP contribution in [0.15, 0.2) is 47.4 Å². The van der Waals surface area contributed by atoms with Crippen LogP contribution in [0.1, 0.15) is 57.4 Å². The van der Waals surface area contributed by atoms with Crippen molar-refractivity contribution in [3.63, 3.8) is 0 Å². The molecule has 0 spiro atoms. The average molecular weight is 500 g/mol. The van der Waals surface area contributed by atoms with E-state index < -0.39 is 0 Å². The first-order valence-electron chi connectivity index (χ1n) is 13.0. The molecule has 8 nitrogen and oxygen atoms in total. The van der Waals surface area contributed by atoms with Crippen LogP contribution in [0.25, 0.3) is 16.7 Å². The maximum atomic E-state index is 13.5. The van der Waals surface area contributed by atoms with Gasteiger partial charge in [0.2, 0.25) is 5.95 Å². The van der Waals surface area contributed by atoms with E-state index in [4.69, 9.17) is 4.98 Å². The number of nitrogens with one attached hydrogen (secondary N) is 2. The van der Waals surface area contributed by atoms with Gasteiger partial charge in [-0.2, -0.15) is 4.98 Å². The highest BCUT2D eigenvalue weighted by atomic mass is 16.1. The van der Waals surface area contributed by atoms with Gasteiger partial charge in [0.1, 0.15) is 5.39 Å². The molecule has 4 aromatic rings. The van der Waals surface area contributed by atoms with Gasteiger partial charge in [-0.3, -0.25) is 4.79 Å². The second-order valence-corrected chi connectivity index (χ2v) is 11.4. The standard InChI is InChI=1S/C29H37N7O/c1-18(2)35-27(37)23-17-31-28(32-21-9-8-20-16-30-13-12-19(20)14-21)33-26(23)36(35)22-10-11-25(34(6)7)24(15-22)29(3,4)5/h8-11,14-15,17-18,30H,12-13,16H2,1-7H3,(H,31,32,33). The normalized spacial score (nSPS) is 13.7. The maximum Gasteiger partial charge on any atom is 0.278 e. The first-order chi connectivity index (χ1) is 17.5. The molecule has 8 heteroatoms. The number of nitrogens with zero attached hydrogens (tertiary/aromatic N) is 5. The summed E-state index contributed by atoms with van der Waals surface area (Å²) in [7, 11) is 4.11. The topological polar surface area (TPSA) is 80.0 Å². The molecule has 2 aromatic carbocycles. The Morgan fingerprint density at radius 3 is 2.57 bits per heavy atom. The maximum absolute atomic E-state index is 13.5. The van der Waals surface area contributed by atoms with Gasteiger partial charge in [0.15, 0.2) is 5.65 Å². The fourth-order valence-corrected chi connectivity index (χ4v) is 5.10. The lowest BCUT2D eigenvalue weighted by molar-refractivity contribution is 0.475. The summed E-state index contributed by atoms with van der Waals surface area (Å²) in [6.07, 6.45) is 2.64. The molecule has 0 atom stereocenters. The van der Waals surface area contributed by atoms with E-state index in [1.165, 1.54) is 16.7 Å². The highest BCUT2D eigenvalue weighted by molar-refractivity contribution is 5.78. The second-order valence-electron chi connectivity index (χ2n) is 11.4. The van der Waals surface area contributed by atoms with Gasteiger partial charge >= 0.3 is 0 Å². The Morgan fingerprint density at radius 2 is 1.86 bits per heavy atom. The van der Waals surface area contributed by atoms with E-state index in [0.717, 1.165) is 36.6 Å². The quantitative estimate of drug-likeness (QED) is 0.406. The number of aromatic nitrogens is 4. The van der Waals surface area contributed by atoms with Crippen molar-refractivity contribution in [2.24, 2.45) is 0 Å². The molecule has 0 bridgehead atoms. The van der Waals surface area contributed by atoms with Gasteiger partial charge in [-0.15, -0.1) is 0 Å². The lowest BCUT2D eigenvalue weighted by Crippen LogP contribution is -2.25. The van der Waals surface area contributed by atoms with Gasteiger partial charge in [-0.1, -0.05) is 26.8 Å². The lowest BCUT2D eigenvalue weighted by atomic mass is 9.85. The van der Waals surface area contributed by atoms with Gasteiger partial charge in [-0.25, -0.2) is 14.3 Å². The van der Waals surface area contributed by atoms with Crippen LogP contribution in [0.3, 0.4) is 0 Å². The van der Waals surface area contributed by atoms with Crippen LogP contribution < -0.4 is 21.1 Å². The zero-order valence-electron chi connectivity index (χ0n) is 22.9. The molecular weight excluding hydrogens is 462 g/mol. The minimum atomic E-state index is -0.0909. The summed E-state index contributed by atoms with van der Waals surface area (Å²) >= 11 is 0. The number of hydrogen-bond acceptors (Lipinski definition) is 6. The molecule has 0 radical (unpaired) electrons. The summed E-state index contributed by atoms with van der Waals surface area (Å²) in [5.74, 6) is 0.469. The van der Waals surface area contributed by atoms with Crippen molar-refractivity contribution in [2.75, 3.05) is 30.9 Å². The van der Waals surface area contributed by atoms with Crippen LogP contribution in [-0.4, -0.2) is 40.0 Å². The van der Waals surface area contributed by atoms with Crippen LogP contribution in [0, 0.1) is 0 Å². The molecule has 0 fully saturated rings. The van der Waals surface area contributed by atoms with Crippen molar-refractivity contribution in [2.45, 2.75) is 59.0 Å². The summed E-state index contributed by atoms with van der Waals surface area (Å²) in [5.41, 5.74) is 7.30. The summed E-state index contributed by atoms with van der Waals surface area (Å²) in [4.78, 5) is 25.0. The molecule has 0 unspecified atom stereocenters. The minimum Gasteiger partial charge on any atom is -0.377 e. The third-order valence-electron chi connectivity index (χ3n) is 6.98. The van der Waals surface area contributed by atoms with E-state index in [1.54, 1.807) is 10.9 Å². The Hall–Kier alpha value is -3.65. The molecule has 0 saturated carbocycles. The van der Waals surface area contributed by atoms with Gasteiger partial charge < -0.3 is 15.5 Å². The van der Waals surface area contributed by atoms with Crippen LogP contribution in [-0.2, 0) is 18.4 Å². The fraction of sp³-hybridized carbons (Fsp3) is 0.414. The van der Waals surface area contributed by atoms with Crippen molar-refractivity contribution in [3.05, 3.63) is 69.6 Å². The average Bonchev–Trinajstić information content (AvgIpc) is 3.15. The summed E-state index contributed by atoms with van der Waals surface area (Å²) < 4.78 is 3.72. The third-order valence-corrected chi connectivity index (χ3v) is 6.98. The molecule has 1 aliphatic heterocycles. The monoisotopic (exact) mass is 499 g/mol. The molecule has 0 aliphatic carbocycles. The molecule has 0 saturated heterocycles. The molecule has 3 heterocycles. The van der Waals surface area contributed by atoms with Gasteiger partial charge in [0.05, 0.1) is 5.69 Å². The molecular formula is C29H37N7O. The zero-order valence-corrected chi connectivity index (χ0v) is 22.9. The summed E-state index contributed by atoms with van der Waals surface area (Å²) in [6, 6.07) is 12.7. The van der Waals surface area contributed by atoms with Crippen molar-refractivity contribution in [1.29, 1.82) is 0 Å². The van der Waals surface area contributed by atoms with Gasteiger partial charge in [0, 0.05) is 44.3 Å². The Balaban J connectivity index is 1.65. The van der Waals surface area contributed by atoms with Crippen LogP contribution in [0.4, 0.5) is 17.3 Å². The SMILES string of the molecule is CC(C)n1c(=O)c2cnc(Nc3ccc4c(c3)CCNC4)nc2n1-c1ccc(N(C)C)c(C(C)(C)C)c1. The van der Waals surface area contributed by atoms with Crippen molar-refractivity contribution >= 4 is 28.4 Å². The number of fused-ring (bicyclic) bond motifs is 2. The molecule has 2 aromatic heterocycles. The Morgan fingerprint density at radius 1 is 1.08 bits per heavy atom. The van der Waals surface area contributed by atoms with Crippen LogP contribution in [0.2, 0.25) is 0 Å². The number of anilines is 3. The van der Waals surface area contributed by atoms with E-state index in [2.05, 4.69) is 91.8 Å². The van der Waals surface area contributed by atoms with Crippen molar-refractivity contribution in [3.8, 4) is 5.69 Å². The molecule has 37 heavy (non-hydrogen) atoms. The Bertz CT molecular complexity index is 1520. The second kappa shape index (κ2) is 9.34. The molecule has 5 rings (SSSR count). The Kier molecular flexibility index (Phi) is 6.31. The number of benzene rings is 2. The van der Waals surface area contributed by atoms with Gasteiger partial charge in [0.25, 0.3) is 5.56 Å². The molecule has 194 valence electrons. The van der Waals surface area contributed by atoms with E-state index in [-0.39, 0.29) is 17.0 Å². The van der Waals surface area contributed by atoms with Crippen LogP contribution in [0.5, 0.6) is 0 Å². The molecule has 1 aliphatic rings. The zero-order chi connectivity index (χ0) is 26.5. The summed E-state index contributed by atoms with van der Waals surface area (Å²) in [6.45, 7) is 12.5. The highest BCUT2D eigenvalue weighted by Gasteiger charge is 2.24. The smallest absolute Gasteiger partial charge is 0.278 e. The van der Waals surface area contributed by atoms with E-state index in [1.807, 2.05) is 18.5 Å². The van der Waals surface area contributed by atoms with E-state index in [9.17, 15) is 4.79 Å².